The van der Waals surface area contributed by atoms with Crippen molar-refractivity contribution in [2.75, 3.05) is 0 Å². The van der Waals surface area contributed by atoms with E-state index >= 15 is 0 Å². The van der Waals surface area contributed by atoms with Gasteiger partial charge in [0.05, 0.1) is 15.0 Å². The molecule has 0 aliphatic rings. The van der Waals surface area contributed by atoms with Crippen molar-refractivity contribution in [2.24, 2.45) is 0 Å². The standard InChI is InChI=1S/C11H7Cl2N3O4/c1-5-2-9(17)14-15-11(5)20-10-7(12)3-6(16(18)19)4-8(10)13/h2-4H,1H3,(H,14,17). The van der Waals surface area contributed by atoms with E-state index in [9.17, 15) is 14.9 Å². The first-order valence-corrected chi connectivity index (χ1v) is 6.01. The fourth-order valence-electron chi connectivity index (χ4n) is 1.43. The third-order valence-electron chi connectivity index (χ3n) is 2.35. The van der Waals surface area contributed by atoms with Gasteiger partial charge in [-0.3, -0.25) is 14.9 Å². The lowest BCUT2D eigenvalue weighted by Crippen LogP contribution is -2.08. The van der Waals surface area contributed by atoms with E-state index in [1.54, 1.807) is 6.92 Å². The van der Waals surface area contributed by atoms with Gasteiger partial charge in [0.1, 0.15) is 0 Å². The average Bonchev–Trinajstić information content (AvgIpc) is 2.35. The number of halogens is 2. The SMILES string of the molecule is Cc1cc(=O)[nH]nc1Oc1c(Cl)cc([N+](=O)[O-])cc1Cl. The van der Waals surface area contributed by atoms with E-state index in [-0.39, 0.29) is 32.9 Å². The van der Waals surface area contributed by atoms with Gasteiger partial charge in [0.15, 0.2) is 5.75 Å². The summed E-state index contributed by atoms with van der Waals surface area (Å²) in [6, 6.07) is 3.52. The minimum Gasteiger partial charge on any atom is -0.434 e. The highest BCUT2D eigenvalue weighted by Crippen LogP contribution is 2.39. The molecule has 0 unspecified atom stereocenters. The largest absolute Gasteiger partial charge is 0.434 e. The summed E-state index contributed by atoms with van der Waals surface area (Å²) in [5.74, 6) is 0.129. The Bertz CT molecular complexity index is 722. The number of non-ortho nitro benzene ring substituents is 1. The lowest BCUT2D eigenvalue weighted by Gasteiger charge is -2.09. The predicted octanol–water partition coefficient (Wildman–Crippen LogP) is 3.09. The summed E-state index contributed by atoms with van der Waals surface area (Å²) in [5.41, 5.74) is -0.159. The first-order chi connectivity index (χ1) is 9.38. The zero-order chi connectivity index (χ0) is 14.9. The van der Waals surface area contributed by atoms with Gasteiger partial charge < -0.3 is 4.74 Å². The summed E-state index contributed by atoms with van der Waals surface area (Å²) < 4.78 is 5.39. The van der Waals surface area contributed by atoms with Crippen LogP contribution < -0.4 is 10.3 Å². The Balaban J connectivity index is 2.44. The molecule has 0 radical (unpaired) electrons. The van der Waals surface area contributed by atoms with E-state index in [0.29, 0.717) is 5.56 Å². The minimum absolute atomic E-state index is 0.0292. The van der Waals surface area contributed by atoms with E-state index < -0.39 is 4.92 Å². The van der Waals surface area contributed by atoms with Crippen LogP contribution in [0.1, 0.15) is 5.56 Å². The Morgan fingerprint density at radius 3 is 2.40 bits per heavy atom. The van der Waals surface area contributed by atoms with Gasteiger partial charge in [0.25, 0.3) is 11.2 Å². The van der Waals surface area contributed by atoms with Gasteiger partial charge >= 0.3 is 0 Å². The predicted molar refractivity (Wildman–Crippen MR) is 72.8 cm³/mol. The highest BCUT2D eigenvalue weighted by atomic mass is 35.5. The van der Waals surface area contributed by atoms with Crippen molar-refractivity contribution in [1.29, 1.82) is 0 Å². The normalized spacial score (nSPS) is 10.3. The average molecular weight is 316 g/mol. The number of benzene rings is 1. The lowest BCUT2D eigenvalue weighted by molar-refractivity contribution is -0.384. The second-order valence-corrected chi connectivity index (χ2v) is 4.63. The van der Waals surface area contributed by atoms with Gasteiger partial charge in [0.2, 0.25) is 5.88 Å². The van der Waals surface area contributed by atoms with Gasteiger partial charge in [-0.15, -0.1) is 5.10 Å². The highest BCUT2D eigenvalue weighted by Gasteiger charge is 2.17. The van der Waals surface area contributed by atoms with E-state index in [0.717, 1.165) is 12.1 Å². The lowest BCUT2D eigenvalue weighted by atomic mass is 10.3. The molecule has 0 aliphatic carbocycles. The summed E-state index contributed by atoms with van der Waals surface area (Å²) >= 11 is 11.8. The number of rotatable bonds is 3. The summed E-state index contributed by atoms with van der Waals surface area (Å²) in [6.07, 6.45) is 0. The molecule has 0 fully saturated rings. The van der Waals surface area contributed by atoms with E-state index in [4.69, 9.17) is 27.9 Å². The molecule has 0 amide bonds. The van der Waals surface area contributed by atoms with Crippen molar-refractivity contribution in [2.45, 2.75) is 6.92 Å². The number of nitro benzene ring substituents is 1. The van der Waals surface area contributed by atoms with E-state index in [2.05, 4.69) is 10.2 Å². The van der Waals surface area contributed by atoms with Crippen LogP contribution in [-0.2, 0) is 0 Å². The number of ether oxygens (including phenoxy) is 1. The van der Waals surface area contributed by atoms with Gasteiger partial charge in [-0.25, -0.2) is 5.10 Å². The molecule has 0 atom stereocenters. The molecule has 0 saturated heterocycles. The molecule has 0 bridgehead atoms. The van der Waals surface area contributed by atoms with Gasteiger partial charge in [-0.1, -0.05) is 23.2 Å². The maximum atomic E-state index is 11.0. The number of nitro groups is 1. The van der Waals surface area contributed by atoms with Crippen molar-refractivity contribution in [3.63, 3.8) is 0 Å². The minimum atomic E-state index is -0.620. The van der Waals surface area contributed by atoms with Gasteiger partial charge in [-0.05, 0) is 6.92 Å². The number of nitrogens with zero attached hydrogens (tertiary/aromatic N) is 2. The molecule has 9 heteroatoms. The van der Waals surface area contributed by atoms with Crippen molar-refractivity contribution < 1.29 is 9.66 Å². The first-order valence-electron chi connectivity index (χ1n) is 5.26. The molecule has 104 valence electrons. The van der Waals surface area contributed by atoms with Crippen LogP contribution in [0.3, 0.4) is 0 Å². The third-order valence-corrected chi connectivity index (χ3v) is 2.91. The zero-order valence-electron chi connectivity index (χ0n) is 10.0. The van der Waals surface area contributed by atoms with Gasteiger partial charge in [-0.2, -0.15) is 0 Å². The number of hydrogen-bond acceptors (Lipinski definition) is 5. The van der Waals surface area contributed by atoms with Crippen molar-refractivity contribution in [1.82, 2.24) is 10.2 Å². The van der Waals surface area contributed by atoms with Crippen LogP contribution in [0.2, 0.25) is 10.0 Å². The Kier molecular flexibility index (Phi) is 3.91. The summed E-state index contributed by atoms with van der Waals surface area (Å²) in [6.45, 7) is 1.62. The Hall–Kier alpha value is -2.12. The monoisotopic (exact) mass is 315 g/mol. The van der Waals surface area contributed by atoms with Crippen LogP contribution in [0.25, 0.3) is 0 Å². The first kappa shape index (κ1) is 14.3. The van der Waals surface area contributed by atoms with Crippen molar-refractivity contribution in [3.05, 3.63) is 54.3 Å². The molecule has 0 spiro atoms. The molecule has 2 rings (SSSR count). The molecule has 1 N–H and O–H groups in total. The summed E-state index contributed by atoms with van der Waals surface area (Å²) in [4.78, 5) is 21.1. The van der Waals surface area contributed by atoms with E-state index in [1.165, 1.54) is 6.07 Å². The number of aromatic amines is 1. The van der Waals surface area contributed by atoms with Crippen LogP contribution in [0, 0.1) is 17.0 Å². The molecular weight excluding hydrogens is 309 g/mol. The fraction of sp³-hybridized carbons (Fsp3) is 0.0909. The second-order valence-electron chi connectivity index (χ2n) is 3.82. The van der Waals surface area contributed by atoms with Gasteiger partial charge in [0, 0.05) is 23.8 Å². The topological polar surface area (TPSA) is 98.1 Å². The molecule has 1 heterocycles. The maximum Gasteiger partial charge on any atom is 0.272 e. The summed E-state index contributed by atoms with van der Waals surface area (Å²) in [7, 11) is 0. The van der Waals surface area contributed by atoms with Crippen LogP contribution in [-0.4, -0.2) is 15.1 Å². The Morgan fingerprint density at radius 2 is 1.90 bits per heavy atom. The maximum absolute atomic E-state index is 11.0. The molecule has 0 saturated carbocycles. The number of hydrogen-bond donors (Lipinski definition) is 1. The molecule has 7 nitrogen and oxygen atoms in total. The molecule has 20 heavy (non-hydrogen) atoms. The number of H-pyrrole nitrogens is 1. The highest BCUT2D eigenvalue weighted by molar-refractivity contribution is 6.37. The van der Waals surface area contributed by atoms with Crippen molar-refractivity contribution in [3.8, 4) is 11.6 Å². The third kappa shape index (κ3) is 2.89. The van der Waals surface area contributed by atoms with Crippen LogP contribution >= 0.6 is 23.2 Å². The summed E-state index contributed by atoms with van der Waals surface area (Å²) in [5, 5.41) is 16.5. The molecule has 1 aromatic carbocycles. The second kappa shape index (κ2) is 5.48. The molecule has 2 aromatic rings. The fourth-order valence-corrected chi connectivity index (χ4v) is 1.99. The smallest absolute Gasteiger partial charge is 0.272 e. The number of aromatic nitrogens is 2. The van der Waals surface area contributed by atoms with Crippen LogP contribution in [0.15, 0.2) is 23.0 Å². The molecule has 1 aromatic heterocycles. The van der Waals surface area contributed by atoms with E-state index in [1.807, 2.05) is 0 Å². The van der Waals surface area contributed by atoms with Crippen LogP contribution in [0.5, 0.6) is 11.6 Å². The van der Waals surface area contributed by atoms with Crippen molar-refractivity contribution >= 4 is 28.9 Å². The Labute approximate surface area is 122 Å². The Morgan fingerprint density at radius 1 is 1.30 bits per heavy atom. The number of aryl methyl sites for hydroxylation is 1. The van der Waals surface area contributed by atoms with Crippen LogP contribution in [0.4, 0.5) is 5.69 Å². The molecule has 0 aliphatic heterocycles. The number of nitrogens with one attached hydrogen (secondary N) is 1. The quantitative estimate of drug-likeness (QED) is 0.693. The zero-order valence-corrected chi connectivity index (χ0v) is 11.5. The molecular formula is C11H7Cl2N3O4.